The Labute approximate surface area is 123 Å². The standard InChI is InChI=1S/C14H20N4O3/c1-5-9-7-16-12-10(11(9)15-6-8(2)19)13(20)18(4)14(21)17(12)3/h7-8,10,19H,5-6H2,1-4H3. The molecule has 2 atom stereocenters. The number of rotatable bonds is 3. The number of aliphatic hydroxyl groups is 1. The minimum Gasteiger partial charge on any atom is -0.391 e. The molecule has 21 heavy (non-hydrogen) atoms. The van der Waals surface area contributed by atoms with Gasteiger partial charge in [-0.3, -0.25) is 19.6 Å². The molecular formula is C14H20N4O3. The lowest BCUT2D eigenvalue weighted by molar-refractivity contribution is -0.128. The van der Waals surface area contributed by atoms with Crippen molar-refractivity contribution in [3.8, 4) is 0 Å². The number of amides is 3. The Morgan fingerprint density at radius 1 is 1.38 bits per heavy atom. The van der Waals surface area contributed by atoms with E-state index in [0.29, 0.717) is 18.0 Å². The second-order valence-corrected chi connectivity index (χ2v) is 5.24. The summed E-state index contributed by atoms with van der Waals surface area (Å²) in [6.45, 7) is 3.81. The summed E-state index contributed by atoms with van der Waals surface area (Å²) in [6.07, 6.45) is 1.74. The number of hydrogen-bond acceptors (Lipinski definition) is 5. The molecule has 0 radical (unpaired) electrons. The molecule has 0 bridgehead atoms. The first-order chi connectivity index (χ1) is 9.88. The molecule has 1 fully saturated rings. The van der Waals surface area contributed by atoms with Crippen molar-refractivity contribution in [1.82, 2.24) is 9.80 Å². The summed E-state index contributed by atoms with van der Waals surface area (Å²) in [7, 11) is 3.04. The monoisotopic (exact) mass is 292 g/mol. The zero-order chi connectivity index (χ0) is 15.7. The van der Waals surface area contributed by atoms with Crippen molar-refractivity contribution >= 4 is 23.5 Å². The van der Waals surface area contributed by atoms with Gasteiger partial charge in [-0.25, -0.2) is 9.79 Å². The van der Waals surface area contributed by atoms with Gasteiger partial charge in [-0.05, 0) is 18.9 Å². The highest BCUT2D eigenvalue weighted by molar-refractivity contribution is 6.33. The molecule has 0 aromatic rings. The number of amidine groups is 1. The lowest BCUT2D eigenvalue weighted by atomic mass is 9.89. The van der Waals surface area contributed by atoms with E-state index >= 15 is 0 Å². The first-order valence-electron chi connectivity index (χ1n) is 6.93. The highest BCUT2D eigenvalue weighted by Gasteiger charge is 2.45. The number of carbonyl (C=O) groups is 2. The molecule has 2 aliphatic rings. The number of nitrogens with zero attached hydrogens (tertiary/aromatic N) is 4. The summed E-state index contributed by atoms with van der Waals surface area (Å²) in [5, 5.41) is 9.43. The van der Waals surface area contributed by atoms with E-state index in [1.165, 1.54) is 11.9 Å². The van der Waals surface area contributed by atoms with E-state index in [0.717, 1.165) is 10.5 Å². The number of fused-ring (bicyclic) bond motifs is 1. The van der Waals surface area contributed by atoms with Crippen LogP contribution < -0.4 is 0 Å². The normalized spacial score (nSPS) is 25.8. The van der Waals surface area contributed by atoms with Crippen LogP contribution in [0.25, 0.3) is 0 Å². The van der Waals surface area contributed by atoms with Gasteiger partial charge < -0.3 is 5.11 Å². The second-order valence-electron chi connectivity index (χ2n) is 5.24. The van der Waals surface area contributed by atoms with E-state index in [2.05, 4.69) is 9.98 Å². The molecule has 114 valence electrons. The van der Waals surface area contributed by atoms with Crippen molar-refractivity contribution in [2.24, 2.45) is 15.9 Å². The molecule has 1 N–H and O–H groups in total. The maximum atomic E-state index is 12.5. The highest BCUT2D eigenvalue weighted by atomic mass is 16.3. The minimum absolute atomic E-state index is 0.213. The van der Waals surface area contributed by atoms with Gasteiger partial charge >= 0.3 is 6.03 Å². The van der Waals surface area contributed by atoms with E-state index in [9.17, 15) is 14.7 Å². The molecule has 7 nitrogen and oxygen atoms in total. The van der Waals surface area contributed by atoms with Crippen LogP contribution in [-0.4, -0.2) is 65.1 Å². The van der Waals surface area contributed by atoms with Gasteiger partial charge in [-0.2, -0.15) is 0 Å². The molecule has 3 amide bonds. The van der Waals surface area contributed by atoms with Gasteiger partial charge in [0.05, 0.1) is 18.4 Å². The molecule has 0 aliphatic carbocycles. The summed E-state index contributed by atoms with van der Waals surface area (Å²) in [5.41, 5.74) is 1.45. The molecular weight excluding hydrogens is 272 g/mol. The first-order valence-corrected chi connectivity index (χ1v) is 6.93. The third kappa shape index (κ3) is 2.61. The van der Waals surface area contributed by atoms with Crippen LogP contribution in [0.5, 0.6) is 0 Å². The maximum Gasteiger partial charge on any atom is 0.331 e. The van der Waals surface area contributed by atoms with Gasteiger partial charge in [-0.1, -0.05) is 6.92 Å². The molecule has 0 aromatic heterocycles. The Hall–Kier alpha value is -2.02. The van der Waals surface area contributed by atoms with E-state index in [1.807, 2.05) is 6.92 Å². The van der Waals surface area contributed by atoms with E-state index in [-0.39, 0.29) is 12.5 Å². The van der Waals surface area contributed by atoms with Crippen LogP contribution in [0, 0.1) is 5.92 Å². The van der Waals surface area contributed by atoms with Crippen LogP contribution in [0.15, 0.2) is 21.8 Å². The van der Waals surface area contributed by atoms with Gasteiger partial charge in [0.25, 0.3) is 0 Å². The average Bonchev–Trinajstić information content (AvgIpc) is 2.47. The second kappa shape index (κ2) is 5.77. The summed E-state index contributed by atoms with van der Waals surface area (Å²) in [5.74, 6) is -0.610. The van der Waals surface area contributed by atoms with E-state index < -0.39 is 18.1 Å². The summed E-state index contributed by atoms with van der Waals surface area (Å²) < 4.78 is 0. The molecule has 7 heteroatoms. The van der Waals surface area contributed by atoms with Gasteiger partial charge in [0.15, 0.2) is 0 Å². The van der Waals surface area contributed by atoms with Crippen molar-refractivity contribution in [1.29, 1.82) is 0 Å². The predicted molar refractivity (Wildman–Crippen MR) is 79.2 cm³/mol. The lowest BCUT2D eigenvalue weighted by Gasteiger charge is -2.38. The Morgan fingerprint density at radius 2 is 2.05 bits per heavy atom. The zero-order valence-electron chi connectivity index (χ0n) is 12.7. The first kappa shape index (κ1) is 15.4. The molecule has 1 saturated heterocycles. The Bertz CT molecular complexity index is 563. The topological polar surface area (TPSA) is 85.6 Å². The summed E-state index contributed by atoms with van der Waals surface area (Å²) >= 11 is 0. The van der Waals surface area contributed by atoms with Crippen molar-refractivity contribution in [3.63, 3.8) is 0 Å². The summed E-state index contributed by atoms with van der Waals surface area (Å²) in [6, 6.07) is -0.404. The largest absolute Gasteiger partial charge is 0.391 e. The van der Waals surface area contributed by atoms with Crippen molar-refractivity contribution in [2.45, 2.75) is 26.4 Å². The van der Waals surface area contributed by atoms with Crippen LogP contribution in [0.2, 0.25) is 0 Å². The lowest BCUT2D eigenvalue weighted by Crippen LogP contribution is -2.59. The number of hydrogen-bond donors (Lipinski definition) is 1. The van der Waals surface area contributed by atoms with Crippen molar-refractivity contribution in [2.75, 3.05) is 20.6 Å². The van der Waals surface area contributed by atoms with Gasteiger partial charge in [0.1, 0.15) is 11.8 Å². The Kier molecular flexibility index (Phi) is 4.22. The van der Waals surface area contributed by atoms with Crippen LogP contribution in [-0.2, 0) is 4.79 Å². The van der Waals surface area contributed by atoms with Gasteiger partial charge in [0, 0.05) is 20.3 Å². The smallest absolute Gasteiger partial charge is 0.331 e. The molecule has 0 saturated carbocycles. The van der Waals surface area contributed by atoms with Crippen molar-refractivity contribution in [3.05, 3.63) is 11.8 Å². The van der Waals surface area contributed by atoms with E-state index in [4.69, 9.17) is 0 Å². The average molecular weight is 292 g/mol. The molecule has 2 unspecified atom stereocenters. The Morgan fingerprint density at radius 3 is 2.62 bits per heavy atom. The third-order valence-corrected chi connectivity index (χ3v) is 3.62. The van der Waals surface area contributed by atoms with Gasteiger partial charge in [0.2, 0.25) is 5.91 Å². The molecule has 0 aromatic carbocycles. The number of aliphatic imine (C=N–C) groups is 2. The molecule has 2 heterocycles. The fourth-order valence-electron chi connectivity index (χ4n) is 2.41. The maximum absolute atomic E-state index is 12.5. The number of carbonyl (C=O) groups excluding carboxylic acids is 2. The predicted octanol–water partition coefficient (Wildman–Crippen LogP) is 0.654. The number of imide groups is 1. The van der Waals surface area contributed by atoms with Crippen LogP contribution in [0.3, 0.4) is 0 Å². The number of urea groups is 1. The van der Waals surface area contributed by atoms with Crippen LogP contribution in [0.1, 0.15) is 20.3 Å². The van der Waals surface area contributed by atoms with Crippen molar-refractivity contribution < 1.29 is 14.7 Å². The third-order valence-electron chi connectivity index (χ3n) is 3.62. The molecule has 0 spiro atoms. The quantitative estimate of drug-likeness (QED) is 0.829. The molecule has 2 aliphatic heterocycles. The minimum atomic E-state index is -0.670. The fraction of sp³-hybridized carbons (Fsp3) is 0.571. The number of allylic oxidation sites excluding steroid dienone is 1. The van der Waals surface area contributed by atoms with Crippen LogP contribution >= 0.6 is 0 Å². The fourth-order valence-corrected chi connectivity index (χ4v) is 2.41. The SMILES string of the molecule is CCC1=CN=C2C(C(=O)N(C)C(=O)N2C)C1=NCC(C)O. The zero-order valence-corrected chi connectivity index (χ0v) is 12.7. The summed E-state index contributed by atoms with van der Waals surface area (Å²) in [4.78, 5) is 35.5. The van der Waals surface area contributed by atoms with Crippen LogP contribution in [0.4, 0.5) is 4.79 Å². The number of aliphatic hydroxyl groups excluding tert-OH is 1. The molecule has 2 rings (SSSR count). The van der Waals surface area contributed by atoms with E-state index in [1.54, 1.807) is 20.2 Å². The highest BCUT2D eigenvalue weighted by Crippen LogP contribution is 2.26. The Balaban J connectivity index is 2.49. The van der Waals surface area contributed by atoms with Gasteiger partial charge in [-0.15, -0.1) is 0 Å².